The average Bonchev–Trinajstić information content (AvgIpc) is 2.47. The second-order valence-corrected chi connectivity index (χ2v) is 3.43. The van der Waals surface area contributed by atoms with E-state index in [2.05, 4.69) is 10.3 Å². The molecule has 6 heteroatoms. The van der Waals surface area contributed by atoms with Crippen LogP contribution in [-0.4, -0.2) is 29.2 Å². The van der Waals surface area contributed by atoms with Gasteiger partial charge >= 0.3 is 0 Å². The highest BCUT2D eigenvalue weighted by Gasteiger charge is 2.16. The molecule has 0 aliphatic carbocycles. The first-order valence-electron chi connectivity index (χ1n) is 3.72. The minimum absolute atomic E-state index is 0.176. The maximum atomic E-state index is 11.8. The molecule has 0 saturated heterocycles. The zero-order chi connectivity index (χ0) is 9.84. The summed E-state index contributed by atoms with van der Waals surface area (Å²) in [5, 5.41) is 13.7. The Labute approximate surface area is 78.4 Å². The van der Waals surface area contributed by atoms with E-state index in [9.17, 15) is 8.78 Å². The summed E-state index contributed by atoms with van der Waals surface area (Å²) in [4.78, 5) is 3.99. The molecule has 2 N–H and O–H groups in total. The molecule has 1 aromatic heterocycles. The summed E-state index contributed by atoms with van der Waals surface area (Å²) in [6, 6.07) is 0. The summed E-state index contributed by atoms with van der Waals surface area (Å²) >= 11 is 1.33. The maximum Gasteiger partial charge on any atom is 0.265 e. The van der Waals surface area contributed by atoms with Crippen molar-refractivity contribution >= 4 is 16.5 Å². The van der Waals surface area contributed by atoms with Crippen molar-refractivity contribution in [2.45, 2.75) is 19.5 Å². The molecule has 1 atom stereocenters. The molecule has 1 rings (SSSR count). The van der Waals surface area contributed by atoms with Crippen LogP contribution in [0.1, 0.15) is 5.69 Å². The van der Waals surface area contributed by atoms with Gasteiger partial charge in [-0.2, -0.15) is 0 Å². The van der Waals surface area contributed by atoms with Gasteiger partial charge < -0.3 is 10.4 Å². The minimum atomic E-state index is -2.71. The smallest absolute Gasteiger partial charge is 0.265 e. The van der Waals surface area contributed by atoms with Crippen molar-refractivity contribution in [3.05, 3.63) is 11.1 Å². The molecule has 1 heterocycles. The molecule has 0 aliphatic rings. The monoisotopic (exact) mass is 208 g/mol. The Morgan fingerprint density at radius 1 is 1.69 bits per heavy atom. The van der Waals surface area contributed by atoms with Crippen LogP contribution < -0.4 is 5.32 Å². The first kappa shape index (κ1) is 10.3. The normalized spacial score (nSPS) is 13.3. The number of hydrogen-bond acceptors (Lipinski definition) is 4. The first-order chi connectivity index (χ1) is 6.09. The van der Waals surface area contributed by atoms with Crippen LogP contribution in [-0.2, 0) is 0 Å². The Balaban J connectivity index is 2.35. The van der Waals surface area contributed by atoms with Crippen molar-refractivity contribution in [1.82, 2.24) is 4.98 Å². The standard InChI is InChI=1S/C7H10F2N2OS/c1-4-3-13-7(11-4)10-2-5(12)6(8)9/h3,5-6,12H,2H2,1H3,(H,10,11). The summed E-state index contributed by atoms with van der Waals surface area (Å²) < 4.78 is 23.7. The van der Waals surface area contributed by atoms with Gasteiger partial charge in [0.25, 0.3) is 6.43 Å². The van der Waals surface area contributed by atoms with Gasteiger partial charge in [-0.25, -0.2) is 13.8 Å². The number of hydrogen-bond donors (Lipinski definition) is 2. The van der Waals surface area contributed by atoms with E-state index in [0.29, 0.717) is 5.13 Å². The van der Waals surface area contributed by atoms with Crippen LogP contribution >= 0.6 is 11.3 Å². The summed E-state index contributed by atoms with van der Waals surface area (Å²) in [5.74, 6) is 0. The van der Waals surface area contributed by atoms with Crippen LogP contribution in [0.4, 0.5) is 13.9 Å². The van der Waals surface area contributed by atoms with Crippen LogP contribution in [0.5, 0.6) is 0 Å². The summed E-state index contributed by atoms with van der Waals surface area (Å²) in [5.41, 5.74) is 0.832. The van der Waals surface area contributed by atoms with Crippen LogP contribution in [0.25, 0.3) is 0 Å². The Kier molecular flexibility index (Phi) is 3.56. The van der Waals surface area contributed by atoms with Crippen molar-refractivity contribution in [3.8, 4) is 0 Å². The maximum absolute atomic E-state index is 11.8. The lowest BCUT2D eigenvalue weighted by Crippen LogP contribution is -2.26. The highest BCUT2D eigenvalue weighted by molar-refractivity contribution is 7.13. The van der Waals surface area contributed by atoms with Crippen LogP contribution in [0.15, 0.2) is 5.38 Å². The van der Waals surface area contributed by atoms with Crippen molar-refractivity contribution in [3.63, 3.8) is 0 Å². The predicted molar refractivity (Wildman–Crippen MR) is 47.4 cm³/mol. The van der Waals surface area contributed by atoms with Crippen LogP contribution in [0.3, 0.4) is 0 Å². The molecule has 0 amide bonds. The van der Waals surface area contributed by atoms with E-state index in [1.165, 1.54) is 11.3 Å². The number of anilines is 1. The van der Waals surface area contributed by atoms with E-state index in [0.717, 1.165) is 5.69 Å². The Hall–Kier alpha value is -0.750. The summed E-state index contributed by atoms with van der Waals surface area (Å²) in [6.45, 7) is 1.63. The molecule has 74 valence electrons. The molecule has 0 saturated carbocycles. The molecular formula is C7H10F2N2OS. The van der Waals surface area contributed by atoms with Gasteiger partial charge in [-0.3, -0.25) is 0 Å². The molecule has 0 aromatic carbocycles. The number of nitrogens with zero attached hydrogens (tertiary/aromatic N) is 1. The van der Waals surface area contributed by atoms with E-state index >= 15 is 0 Å². The molecule has 1 unspecified atom stereocenters. The highest BCUT2D eigenvalue weighted by atomic mass is 32.1. The number of aliphatic hydroxyl groups excluding tert-OH is 1. The van der Waals surface area contributed by atoms with Crippen molar-refractivity contribution < 1.29 is 13.9 Å². The molecule has 0 bridgehead atoms. The molecule has 0 spiro atoms. The fourth-order valence-corrected chi connectivity index (χ4v) is 1.41. The van der Waals surface area contributed by atoms with Crippen molar-refractivity contribution in [2.75, 3.05) is 11.9 Å². The van der Waals surface area contributed by atoms with Gasteiger partial charge in [0.2, 0.25) is 0 Å². The van der Waals surface area contributed by atoms with E-state index in [-0.39, 0.29) is 6.54 Å². The number of aliphatic hydroxyl groups is 1. The van der Waals surface area contributed by atoms with Gasteiger partial charge in [0.15, 0.2) is 5.13 Å². The quantitative estimate of drug-likeness (QED) is 0.788. The SMILES string of the molecule is Cc1csc(NCC(O)C(F)F)n1. The average molecular weight is 208 g/mol. The Morgan fingerprint density at radius 2 is 2.38 bits per heavy atom. The van der Waals surface area contributed by atoms with E-state index in [4.69, 9.17) is 5.11 Å². The lowest BCUT2D eigenvalue weighted by atomic mass is 10.4. The molecule has 3 nitrogen and oxygen atoms in total. The van der Waals surface area contributed by atoms with Crippen LogP contribution in [0.2, 0.25) is 0 Å². The number of aromatic nitrogens is 1. The zero-order valence-corrected chi connectivity index (χ0v) is 7.81. The summed E-state index contributed by atoms with van der Waals surface area (Å²) in [6.07, 6.45) is -4.35. The molecule has 0 radical (unpaired) electrons. The van der Waals surface area contributed by atoms with E-state index < -0.39 is 12.5 Å². The number of thiazole rings is 1. The van der Waals surface area contributed by atoms with Crippen molar-refractivity contribution in [1.29, 1.82) is 0 Å². The number of halogens is 2. The Morgan fingerprint density at radius 3 is 2.85 bits per heavy atom. The number of aryl methyl sites for hydroxylation is 1. The number of rotatable bonds is 4. The van der Waals surface area contributed by atoms with Crippen molar-refractivity contribution in [2.24, 2.45) is 0 Å². The lowest BCUT2D eigenvalue weighted by Gasteiger charge is -2.08. The molecule has 0 fully saturated rings. The van der Waals surface area contributed by atoms with Gasteiger partial charge in [-0.05, 0) is 6.92 Å². The van der Waals surface area contributed by atoms with Gasteiger partial charge in [0.1, 0.15) is 6.10 Å². The van der Waals surface area contributed by atoms with Gasteiger partial charge in [0.05, 0.1) is 5.69 Å². The third-order valence-electron chi connectivity index (χ3n) is 1.37. The van der Waals surface area contributed by atoms with Crippen LogP contribution in [0, 0.1) is 6.92 Å². The zero-order valence-electron chi connectivity index (χ0n) is 7.00. The number of alkyl halides is 2. The predicted octanol–water partition coefficient (Wildman–Crippen LogP) is 1.49. The van der Waals surface area contributed by atoms with E-state index in [1.807, 2.05) is 6.92 Å². The highest BCUT2D eigenvalue weighted by Crippen LogP contribution is 2.14. The summed E-state index contributed by atoms with van der Waals surface area (Å²) in [7, 11) is 0. The molecule has 1 aromatic rings. The third-order valence-corrected chi connectivity index (χ3v) is 2.29. The molecule has 0 aliphatic heterocycles. The topological polar surface area (TPSA) is 45.1 Å². The van der Waals surface area contributed by atoms with Gasteiger partial charge in [0, 0.05) is 11.9 Å². The molecular weight excluding hydrogens is 198 g/mol. The molecule has 13 heavy (non-hydrogen) atoms. The fraction of sp³-hybridized carbons (Fsp3) is 0.571. The first-order valence-corrected chi connectivity index (χ1v) is 4.60. The second kappa shape index (κ2) is 4.48. The number of nitrogens with one attached hydrogen (secondary N) is 1. The second-order valence-electron chi connectivity index (χ2n) is 2.58. The van der Waals surface area contributed by atoms with Gasteiger partial charge in [-0.1, -0.05) is 0 Å². The third kappa shape index (κ3) is 3.23. The fourth-order valence-electron chi connectivity index (χ4n) is 0.716. The Bertz CT molecular complexity index is 267. The van der Waals surface area contributed by atoms with E-state index in [1.54, 1.807) is 5.38 Å². The largest absolute Gasteiger partial charge is 0.385 e. The minimum Gasteiger partial charge on any atom is -0.385 e. The lowest BCUT2D eigenvalue weighted by molar-refractivity contribution is 0.00384. The van der Waals surface area contributed by atoms with Gasteiger partial charge in [-0.15, -0.1) is 11.3 Å².